The lowest BCUT2D eigenvalue weighted by molar-refractivity contribution is -0.270. The van der Waals surface area contributed by atoms with Crippen LogP contribution in [0.5, 0.6) is 0 Å². The molecule has 0 aromatic heterocycles. The molecule has 0 unspecified atom stereocenters. The van der Waals surface area contributed by atoms with Crippen LogP contribution in [0.4, 0.5) is 0 Å². The molecule has 1 rings (SSSR count). The summed E-state index contributed by atoms with van der Waals surface area (Å²) in [4.78, 5) is 0. The van der Waals surface area contributed by atoms with Crippen molar-refractivity contribution in [2.75, 3.05) is 13.2 Å². The molecule has 6 nitrogen and oxygen atoms in total. The Morgan fingerprint density at radius 3 is 1.72 bits per heavy atom. The molecule has 0 amide bonds. The van der Waals surface area contributed by atoms with Gasteiger partial charge in [0.05, 0.1) is 13.2 Å². The Bertz CT molecular complexity index is 435. The Hall–Kier alpha value is -0.240. The highest BCUT2D eigenvalue weighted by Gasteiger charge is 2.56. The second-order valence-electron chi connectivity index (χ2n) is 9.63. The fourth-order valence-corrected chi connectivity index (χ4v) is 4.60. The molecule has 1 aliphatic heterocycles. The van der Waals surface area contributed by atoms with Crippen LogP contribution in [-0.4, -0.2) is 63.8 Å². The van der Waals surface area contributed by atoms with Gasteiger partial charge in [-0.05, 0) is 12.8 Å². The number of hydrogen-bond acceptors (Lipinski definition) is 6. The smallest absolute Gasteiger partial charge is 0.197 e. The zero-order chi connectivity index (χ0) is 23.7. The van der Waals surface area contributed by atoms with Crippen molar-refractivity contribution in [2.45, 2.75) is 153 Å². The van der Waals surface area contributed by atoms with Gasteiger partial charge in [-0.2, -0.15) is 0 Å². The van der Waals surface area contributed by atoms with Crippen LogP contribution in [-0.2, 0) is 9.47 Å². The molecule has 6 heteroatoms. The number of aliphatic hydroxyl groups is 4. The summed E-state index contributed by atoms with van der Waals surface area (Å²) in [5.41, 5.74) is 0. The van der Waals surface area contributed by atoms with Crippen LogP contribution in [0.15, 0.2) is 0 Å². The van der Waals surface area contributed by atoms with Crippen LogP contribution in [0.1, 0.15) is 123 Å². The zero-order valence-electron chi connectivity index (χ0n) is 20.8. The largest absolute Gasteiger partial charge is 0.394 e. The molecule has 0 aliphatic carbocycles. The van der Waals surface area contributed by atoms with E-state index in [1.54, 1.807) is 0 Å². The van der Waals surface area contributed by atoms with Crippen molar-refractivity contribution in [1.82, 2.24) is 0 Å². The first kappa shape index (κ1) is 29.8. The van der Waals surface area contributed by atoms with Gasteiger partial charge in [0.25, 0.3) is 0 Å². The second-order valence-corrected chi connectivity index (χ2v) is 9.63. The molecule has 0 spiro atoms. The number of unbranched alkanes of at least 4 members (excludes halogenated alkanes) is 14. The molecule has 0 saturated carbocycles. The zero-order valence-corrected chi connectivity index (χ0v) is 20.8. The Labute approximate surface area is 196 Å². The van der Waals surface area contributed by atoms with E-state index >= 15 is 0 Å². The van der Waals surface area contributed by atoms with Gasteiger partial charge in [0.1, 0.15) is 24.4 Å². The Balaban J connectivity index is 2.45. The summed E-state index contributed by atoms with van der Waals surface area (Å²) in [7, 11) is 0. The van der Waals surface area contributed by atoms with Crippen LogP contribution in [0.25, 0.3) is 0 Å². The molecule has 1 heterocycles. The predicted molar refractivity (Wildman–Crippen MR) is 128 cm³/mol. The van der Waals surface area contributed by atoms with Crippen molar-refractivity contribution in [1.29, 1.82) is 0 Å². The maximum atomic E-state index is 10.8. The molecule has 1 saturated heterocycles. The first-order chi connectivity index (χ1) is 15.5. The molecule has 0 bridgehead atoms. The van der Waals surface area contributed by atoms with E-state index in [0.717, 1.165) is 32.1 Å². The van der Waals surface area contributed by atoms with E-state index in [1.165, 1.54) is 70.6 Å². The monoisotopic (exact) mass is 460 g/mol. The van der Waals surface area contributed by atoms with Crippen LogP contribution in [0.3, 0.4) is 0 Å². The van der Waals surface area contributed by atoms with Crippen molar-refractivity contribution >= 4 is 0 Å². The van der Waals surface area contributed by atoms with Gasteiger partial charge >= 0.3 is 0 Å². The van der Waals surface area contributed by atoms with Crippen molar-refractivity contribution in [3.63, 3.8) is 0 Å². The van der Waals surface area contributed by atoms with E-state index in [4.69, 9.17) is 9.47 Å². The lowest BCUT2D eigenvalue weighted by Gasteiger charge is -2.32. The predicted octanol–water partition coefficient (Wildman–Crippen LogP) is 4.84. The Kier molecular flexibility index (Phi) is 16.9. The average molecular weight is 461 g/mol. The van der Waals surface area contributed by atoms with Gasteiger partial charge in [-0.3, -0.25) is 0 Å². The average Bonchev–Trinajstić information content (AvgIpc) is 3.05. The summed E-state index contributed by atoms with van der Waals surface area (Å²) < 4.78 is 12.0. The standard InChI is InChI=1S/C26H52O6/c1-3-5-7-9-11-13-15-17-19-26(25(30)23(29)24(32-26)22(28)21-27)31-20-18-16-14-12-10-8-6-4-2/h22-25,27-30H,3-21H2,1-2H3/t22-,23+,24+,25-,26-/m1/s1. The van der Waals surface area contributed by atoms with E-state index in [2.05, 4.69) is 13.8 Å². The summed E-state index contributed by atoms with van der Waals surface area (Å²) >= 11 is 0. The SMILES string of the molecule is CCCCCCCCCCO[C@]1(CCCCCCCCCC)O[C@@H]([C@H](O)CO)[C@H](O)[C@H]1O. The minimum Gasteiger partial charge on any atom is -0.394 e. The summed E-state index contributed by atoms with van der Waals surface area (Å²) in [5, 5.41) is 40.5. The summed E-state index contributed by atoms with van der Waals surface area (Å²) in [5.74, 6) is -1.30. The third-order valence-electron chi connectivity index (χ3n) is 6.74. The molecular formula is C26H52O6. The van der Waals surface area contributed by atoms with Gasteiger partial charge < -0.3 is 29.9 Å². The van der Waals surface area contributed by atoms with Crippen LogP contribution >= 0.6 is 0 Å². The number of ether oxygens (including phenoxy) is 2. The first-order valence-electron chi connectivity index (χ1n) is 13.5. The highest BCUT2D eigenvalue weighted by molar-refractivity contribution is 4.99. The molecule has 4 N–H and O–H groups in total. The van der Waals surface area contributed by atoms with Crippen LogP contribution in [0, 0.1) is 0 Å². The summed E-state index contributed by atoms with van der Waals surface area (Å²) in [6.07, 6.45) is 14.5. The van der Waals surface area contributed by atoms with Crippen LogP contribution < -0.4 is 0 Å². The van der Waals surface area contributed by atoms with Gasteiger partial charge in [0.2, 0.25) is 0 Å². The lowest BCUT2D eigenvalue weighted by atomic mass is 9.97. The van der Waals surface area contributed by atoms with E-state index in [-0.39, 0.29) is 0 Å². The summed E-state index contributed by atoms with van der Waals surface area (Å²) in [6.45, 7) is 4.37. The minimum absolute atomic E-state index is 0.456. The summed E-state index contributed by atoms with van der Waals surface area (Å²) in [6, 6.07) is 0. The second kappa shape index (κ2) is 18.1. The topological polar surface area (TPSA) is 99.4 Å². The fraction of sp³-hybridized carbons (Fsp3) is 1.00. The van der Waals surface area contributed by atoms with Crippen molar-refractivity contribution in [3.8, 4) is 0 Å². The van der Waals surface area contributed by atoms with E-state index < -0.39 is 36.8 Å². The van der Waals surface area contributed by atoms with Crippen LogP contribution in [0.2, 0.25) is 0 Å². The third kappa shape index (κ3) is 10.8. The van der Waals surface area contributed by atoms with Gasteiger partial charge in [-0.1, -0.05) is 104 Å². The highest BCUT2D eigenvalue weighted by Crippen LogP contribution is 2.38. The van der Waals surface area contributed by atoms with Gasteiger partial charge in [-0.15, -0.1) is 0 Å². The Morgan fingerprint density at radius 1 is 0.750 bits per heavy atom. The van der Waals surface area contributed by atoms with Crippen molar-refractivity contribution in [3.05, 3.63) is 0 Å². The molecular weight excluding hydrogens is 408 g/mol. The lowest BCUT2D eigenvalue weighted by Crippen LogP contribution is -2.46. The normalized spacial score (nSPS) is 26.6. The molecule has 0 aromatic carbocycles. The van der Waals surface area contributed by atoms with Crippen molar-refractivity contribution in [2.24, 2.45) is 0 Å². The maximum absolute atomic E-state index is 10.8. The molecule has 192 valence electrons. The molecule has 1 fully saturated rings. The van der Waals surface area contributed by atoms with Gasteiger partial charge in [-0.25, -0.2) is 0 Å². The maximum Gasteiger partial charge on any atom is 0.197 e. The van der Waals surface area contributed by atoms with Gasteiger partial charge in [0, 0.05) is 6.42 Å². The molecule has 1 aliphatic rings. The number of hydrogen-bond donors (Lipinski definition) is 4. The van der Waals surface area contributed by atoms with E-state index in [9.17, 15) is 20.4 Å². The third-order valence-corrected chi connectivity index (χ3v) is 6.74. The Morgan fingerprint density at radius 2 is 1.22 bits per heavy atom. The molecule has 0 aromatic rings. The van der Waals surface area contributed by atoms with Crippen molar-refractivity contribution < 1.29 is 29.9 Å². The molecule has 5 atom stereocenters. The van der Waals surface area contributed by atoms with E-state index in [1.807, 2.05) is 0 Å². The highest BCUT2D eigenvalue weighted by atomic mass is 16.7. The minimum atomic E-state index is -1.30. The molecule has 32 heavy (non-hydrogen) atoms. The quantitative estimate of drug-likeness (QED) is 0.183. The number of rotatable bonds is 21. The molecule has 0 radical (unpaired) electrons. The number of aliphatic hydroxyl groups excluding tert-OH is 4. The fourth-order valence-electron chi connectivity index (χ4n) is 4.60. The van der Waals surface area contributed by atoms with E-state index in [0.29, 0.717) is 13.0 Å². The first-order valence-corrected chi connectivity index (χ1v) is 13.5. The van der Waals surface area contributed by atoms with Gasteiger partial charge in [0.15, 0.2) is 5.79 Å².